The first kappa shape index (κ1) is 15.0. The standard InChI is InChI=1S/C14H14N2O4S/c1-10-6-8-11(9-7-10)20-14(17)16-12-4-2-3-5-13(12)21(15,18)19/h2-9H,1H3,(H,16,17)(H2,15,18,19). The lowest BCUT2D eigenvalue weighted by molar-refractivity contribution is 0.215. The molecule has 110 valence electrons. The van der Waals surface area contributed by atoms with E-state index in [2.05, 4.69) is 5.32 Å². The second kappa shape index (κ2) is 5.94. The van der Waals surface area contributed by atoms with Crippen molar-refractivity contribution in [3.05, 3.63) is 54.1 Å². The van der Waals surface area contributed by atoms with Gasteiger partial charge in [-0.3, -0.25) is 5.32 Å². The summed E-state index contributed by atoms with van der Waals surface area (Å²) >= 11 is 0. The van der Waals surface area contributed by atoms with E-state index in [4.69, 9.17) is 9.88 Å². The summed E-state index contributed by atoms with van der Waals surface area (Å²) < 4.78 is 27.9. The van der Waals surface area contributed by atoms with Gasteiger partial charge >= 0.3 is 6.09 Å². The molecule has 0 heterocycles. The summed E-state index contributed by atoms with van der Waals surface area (Å²) in [6.45, 7) is 1.91. The van der Waals surface area contributed by atoms with Crippen molar-refractivity contribution in [2.45, 2.75) is 11.8 Å². The number of carbonyl (C=O) groups excluding carboxylic acids is 1. The third kappa shape index (κ3) is 4.04. The lowest BCUT2D eigenvalue weighted by Crippen LogP contribution is -2.20. The molecular weight excluding hydrogens is 292 g/mol. The molecule has 2 rings (SSSR count). The lowest BCUT2D eigenvalue weighted by atomic mass is 10.2. The predicted molar refractivity (Wildman–Crippen MR) is 78.6 cm³/mol. The number of amides is 1. The molecule has 0 aliphatic heterocycles. The lowest BCUT2D eigenvalue weighted by Gasteiger charge is -2.09. The molecule has 1 amide bonds. The number of rotatable bonds is 3. The summed E-state index contributed by atoms with van der Waals surface area (Å²) in [6, 6.07) is 12.7. The van der Waals surface area contributed by atoms with Crippen molar-refractivity contribution in [3.63, 3.8) is 0 Å². The average molecular weight is 306 g/mol. The maximum Gasteiger partial charge on any atom is 0.417 e. The van der Waals surface area contributed by atoms with Crippen molar-refractivity contribution in [2.24, 2.45) is 5.14 Å². The zero-order chi connectivity index (χ0) is 15.5. The molecule has 0 atom stereocenters. The van der Waals surface area contributed by atoms with Gasteiger partial charge in [-0.1, -0.05) is 29.8 Å². The van der Waals surface area contributed by atoms with Gasteiger partial charge in [0, 0.05) is 0 Å². The van der Waals surface area contributed by atoms with Crippen LogP contribution in [-0.4, -0.2) is 14.5 Å². The second-order valence-corrected chi connectivity index (χ2v) is 5.90. The molecule has 0 unspecified atom stereocenters. The monoisotopic (exact) mass is 306 g/mol. The molecule has 7 heteroatoms. The van der Waals surface area contributed by atoms with Crippen molar-refractivity contribution in [1.29, 1.82) is 0 Å². The molecule has 21 heavy (non-hydrogen) atoms. The van der Waals surface area contributed by atoms with Crippen LogP contribution in [0.2, 0.25) is 0 Å². The molecule has 0 spiro atoms. The quantitative estimate of drug-likeness (QED) is 0.908. The summed E-state index contributed by atoms with van der Waals surface area (Å²) in [5.74, 6) is 0.353. The van der Waals surface area contributed by atoms with E-state index in [1.165, 1.54) is 18.2 Å². The van der Waals surface area contributed by atoms with Crippen LogP contribution in [-0.2, 0) is 10.0 Å². The molecule has 2 aromatic rings. The van der Waals surface area contributed by atoms with E-state index in [0.29, 0.717) is 5.75 Å². The van der Waals surface area contributed by atoms with E-state index in [-0.39, 0.29) is 10.6 Å². The Morgan fingerprint density at radius 3 is 2.33 bits per heavy atom. The number of aryl methyl sites for hydroxylation is 1. The zero-order valence-corrected chi connectivity index (χ0v) is 12.1. The number of sulfonamides is 1. The highest BCUT2D eigenvalue weighted by molar-refractivity contribution is 7.89. The first-order valence-corrected chi connectivity index (χ1v) is 7.58. The number of para-hydroxylation sites is 1. The molecule has 6 nitrogen and oxygen atoms in total. The summed E-state index contributed by atoms with van der Waals surface area (Å²) in [4.78, 5) is 11.6. The number of nitrogens with two attached hydrogens (primary N) is 1. The van der Waals surface area contributed by atoms with Crippen LogP contribution < -0.4 is 15.2 Å². The van der Waals surface area contributed by atoms with E-state index in [9.17, 15) is 13.2 Å². The van der Waals surface area contributed by atoms with Crippen LogP contribution >= 0.6 is 0 Å². The van der Waals surface area contributed by atoms with Gasteiger partial charge in [0.15, 0.2) is 0 Å². The van der Waals surface area contributed by atoms with Gasteiger partial charge in [-0.05, 0) is 31.2 Å². The largest absolute Gasteiger partial charge is 0.417 e. The number of carbonyl (C=O) groups is 1. The van der Waals surface area contributed by atoms with Crippen LogP contribution in [0.1, 0.15) is 5.56 Å². The van der Waals surface area contributed by atoms with Crippen LogP contribution in [0.25, 0.3) is 0 Å². The summed E-state index contributed by atoms with van der Waals surface area (Å²) in [6.07, 6.45) is -0.796. The van der Waals surface area contributed by atoms with Gasteiger partial charge in [-0.2, -0.15) is 0 Å². The fourth-order valence-electron chi connectivity index (χ4n) is 1.67. The molecular formula is C14H14N2O4S. The number of nitrogens with one attached hydrogen (secondary N) is 1. The molecule has 3 N–H and O–H groups in total. The zero-order valence-electron chi connectivity index (χ0n) is 11.2. The Labute approximate surface area is 122 Å². The number of primary sulfonamides is 1. The maximum atomic E-state index is 11.8. The van der Waals surface area contributed by atoms with Gasteiger partial charge in [0.05, 0.1) is 5.69 Å². The minimum Gasteiger partial charge on any atom is -0.410 e. The van der Waals surface area contributed by atoms with E-state index >= 15 is 0 Å². The Morgan fingerprint density at radius 2 is 1.71 bits per heavy atom. The molecule has 0 aliphatic rings. The van der Waals surface area contributed by atoms with E-state index in [1.54, 1.807) is 30.3 Å². The first-order chi connectivity index (χ1) is 9.86. The van der Waals surface area contributed by atoms with Crippen molar-refractivity contribution < 1.29 is 17.9 Å². The fourth-order valence-corrected chi connectivity index (χ4v) is 2.36. The number of hydrogen-bond acceptors (Lipinski definition) is 4. The summed E-state index contributed by atoms with van der Waals surface area (Å²) in [5, 5.41) is 7.44. The highest BCUT2D eigenvalue weighted by Crippen LogP contribution is 2.20. The Morgan fingerprint density at radius 1 is 1.10 bits per heavy atom. The van der Waals surface area contributed by atoms with Crippen LogP contribution in [0.15, 0.2) is 53.4 Å². The van der Waals surface area contributed by atoms with Crippen LogP contribution in [0.5, 0.6) is 5.75 Å². The highest BCUT2D eigenvalue weighted by atomic mass is 32.2. The molecule has 0 saturated carbocycles. The van der Waals surface area contributed by atoms with Crippen LogP contribution in [0.3, 0.4) is 0 Å². The predicted octanol–water partition coefficient (Wildman–Crippen LogP) is 2.25. The van der Waals surface area contributed by atoms with Gasteiger partial charge in [0.2, 0.25) is 10.0 Å². The van der Waals surface area contributed by atoms with Crippen molar-refractivity contribution in [1.82, 2.24) is 0 Å². The van der Waals surface area contributed by atoms with Crippen LogP contribution in [0, 0.1) is 6.92 Å². The number of ether oxygens (including phenoxy) is 1. The number of benzene rings is 2. The molecule has 2 aromatic carbocycles. The van der Waals surface area contributed by atoms with Crippen molar-refractivity contribution >= 4 is 21.8 Å². The molecule has 0 bridgehead atoms. The SMILES string of the molecule is Cc1ccc(OC(=O)Nc2ccccc2S(N)(=O)=O)cc1. The fraction of sp³-hybridized carbons (Fsp3) is 0.0714. The maximum absolute atomic E-state index is 11.8. The number of anilines is 1. The van der Waals surface area contributed by atoms with Crippen molar-refractivity contribution in [2.75, 3.05) is 5.32 Å². The minimum atomic E-state index is -3.93. The molecule has 0 aliphatic carbocycles. The van der Waals surface area contributed by atoms with Crippen LogP contribution in [0.4, 0.5) is 10.5 Å². The highest BCUT2D eigenvalue weighted by Gasteiger charge is 2.15. The first-order valence-electron chi connectivity index (χ1n) is 6.03. The third-order valence-electron chi connectivity index (χ3n) is 2.66. The molecule has 0 saturated heterocycles. The average Bonchev–Trinajstić information content (AvgIpc) is 2.41. The van der Waals surface area contributed by atoms with E-state index in [1.807, 2.05) is 6.92 Å². The summed E-state index contributed by atoms with van der Waals surface area (Å²) in [7, 11) is -3.93. The Hall–Kier alpha value is -2.38. The van der Waals surface area contributed by atoms with Crippen molar-refractivity contribution in [3.8, 4) is 5.75 Å². The smallest absolute Gasteiger partial charge is 0.410 e. The van der Waals surface area contributed by atoms with E-state index < -0.39 is 16.1 Å². The number of hydrogen-bond donors (Lipinski definition) is 2. The minimum absolute atomic E-state index is 0.0668. The topological polar surface area (TPSA) is 98.5 Å². The van der Waals surface area contributed by atoms with Gasteiger partial charge in [0.1, 0.15) is 10.6 Å². The van der Waals surface area contributed by atoms with E-state index in [0.717, 1.165) is 5.56 Å². The van der Waals surface area contributed by atoms with Gasteiger partial charge in [0.25, 0.3) is 0 Å². The van der Waals surface area contributed by atoms with Gasteiger partial charge < -0.3 is 4.74 Å². The molecule has 0 aromatic heterocycles. The van der Waals surface area contributed by atoms with Gasteiger partial charge in [-0.15, -0.1) is 0 Å². The second-order valence-electron chi connectivity index (χ2n) is 4.37. The van der Waals surface area contributed by atoms with Gasteiger partial charge in [-0.25, -0.2) is 18.4 Å². The molecule has 0 radical (unpaired) electrons. The molecule has 0 fully saturated rings. The Bertz CT molecular complexity index is 755. The Kier molecular flexibility index (Phi) is 4.25. The summed E-state index contributed by atoms with van der Waals surface area (Å²) in [5.41, 5.74) is 1.10. The third-order valence-corrected chi connectivity index (χ3v) is 3.63. The normalized spacial score (nSPS) is 11.0. The Balaban J connectivity index is 2.15.